The highest BCUT2D eigenvalue weighted by atomic mass is 19.1. The fourth-order valence-electron chi connectivity index (χ4n) is 3.45. The molecule has 0 radical (unpaired) electrons. The molecule has 1 heterocycles. The molecule has 8 heteroatoms. The topological polar surface area (TPSA) is 64.6 Å². The Morgan fingerprint density at radius 3 is 2.77 bits per heavy atom. The lowest BCUT2D eigenvalue weighted by molar-refractivity contribution is -0.0172. The molecule has 30 heavy (non-hydrogen) atoms. The number of benzene rings is 2. The van der Waals surface area contributed by atoms with Gasteiger partial charge in [0.05, 0.1) is 20.8 Å². The molecule has 0 unspecified atom stereocenters. The van der Waals surface area contributed by atoms with E-state index in [0.29, 0.717) is 26.1 Å². The van der Waals surface area contributed by atoms with E-state index >= 15 is 0 Å². The Morgan fingerprint density at radius 1 is 1.20 bits per heavy atom. The SMILES string of the molecule is CN=C(NCCc1cc(F)cc2c1OCOC2)N(C)Cc1ccc(OC)cc1OC. The van der Waals surface area contributed by atoms with Gasteiger partial charge in [0.2, 0.25) is 0 Å². The normalized spacial score (nSPS) is 13.3. The van der Waals surface area contributed by atoms with Crippen LogP contribution in [-0.2, 0) is 24.3 Å². The molecule has 1 N–H and O–H groups in total. The average Bonchev–Trinajstić information content (AvgIpc) is 2.76. The number of ether oxygens (including phenoxy) is 4. The fraction of sp³-hybridized carbons (Fsp3) is 0.409. The monoisotopic (exact) mass is 417 g/mol. The van der Waals surface area contributed by atoms with Gasteiger partial charge < -0.3 is 29.2 Å². The van der Waals surface area contributed by atoms with E-state index in [1.807, 2.05) is 30.1 Å². The molecule has 2 aromatic carbocycles. The van der Waals surface area contributed by atoms with E-state index in [2.05, 4.69) is 10.3 Å². The van der Waals surface area contributed by atoms with Crippen LogP contribution in [0.5, 0.6) is 17.2 Å². The van der Waals surface area contributed by atoms with Crippen molar-refractivity contribution in [1.82, 2.24) is 10.2 Å². The lowest BCUT2D eigenvalue weighted by Gasteiger charge is -2.24. The highest BCUT2D eigenvalue weighted by molar-refractivity contribution is 5.79. The van der Waals surface area contributed by atoms with Crippen LogP contribution in [0.15, 0.2) is 35.3 Å². The minimum Gasteiger partial charge on any atom is -0.497 e. The largest absolute Gasteiger partial charge is 0.497 e. The number of guanidine groups is 1. The van der Waals surface area contributed by atoms with Crippen molar-refractivity contribution in [3.8, 4) is 17.2 Å². The third-order valence-corrected chi connectivity index (χ3v) is 4.90. The molecular weight excluding hydrogens is 389 g/mol. The van der Waals surface area contributed by atoms with Crippen molar-refractivity contribution in [2.24, 2.45) is 4.99 Å². The first-order valence-corrected chi connectivity index (χ1v) is 9.70. The third kappa shape index (κ3) is 5.13. The summed E-state index contributed by atoms with van der Waals surface area (Å²) in [6.45, 7) is 1.73. The van der Waals surface area contributed by atoms with E-state index in [4.69, 9.17) is 18.9 Å². The summed E-state index contributed by atoms with van der Waals surface area (Å²) in [6.07, 6.45) is 0.596. The van der Waals surface area contributed by atoms with E-state index in [9.17, 15) is 4.39 Å². The van der Waals surface area contributed by atoms with E-state index in [0.717, 1.165) is 39.9 Å². The van der Waals surface area contributed by atoms with Gasteiger partial charge in [-0.25, -0.2) is 4.39 Å². The molecule has 162 valence electrons. The number of halogens is 1. The van der Waals surface area contributed by atoms with Crippen LogP contribution in [0.1, 0.15) is 16.7 Å². The summed E-state index contributed by atoms with van der Waals surface area (Å²) in [6, 6.07) is 8.70. The summed E-state index contributed by atoms with van der Waals surface area (Å²) in [4.78, 5) is 6.35. The predicted molar refractivity (Wildman–Crippen MR) is 113 cm³/mol. The summed E-state index contributed by atoms with van der Waals surface area (Å²) >= 11 is 0. The van der Waals surface area contributed by atoms with Gasteiger partial charge in [-0.2, -0.15) is 0 Å². The van der Waals surface area contributed by atoms with Crippen molar-refractivity contribution in [3.05, 3.63) is 52.8 Å². The van der Waals surface area contributed by atoms with E-state index in [1.165, 1.54) is 12.1 Å². The first-order valence-electron chi connectivity index (χ1n) is 9.70. The standard InChI is InChI=1S/C22H28FN3O4/c1-24-22(26(2)12-16-5-6-19(27-3)11-20(16)28-4)25-8-7-15-9-18(23)10-17-13-29-14-30-21(15)17/h5-6,9-11H,7-8,12-14H2,1-4H3,(H,24,25). The molecule has 1 aliphatic heterocycles. The lowest BCUT2D eigenvalue weighted by Crippen LogP contribution is -2.39. The number of fused-ring (bicyclic) bond motifs is 1. The second-order valence-corrected chi connectivity index (χ2v) is 6.92. The Hall–Kier alpha value is -3.00. The van der Waals surface area contributed by atoms with Gasteiger partial charge in [0.1, 0.15) is 23.1 Å². The minimum absolute atomic E-state index is 0.188. The minimum atomic E-state index is -0.286. The zero-order valence-corrected chi connectivity index (χ0v) is 17.8. The molecule has 0 saturated carbocycles. The lowest BCUT2D eigenvalue weighted by atomic mass is 10.1. The zero-order valence-electron chi connectivity index (χ0n) is 17.8. The Morgan fingerprint density at radius 2 is 2.03 bits per heavy atom. The Bertz CT molecular complexity index is 904. The number of aliphatic imine (C=N–C) groups is 1. The van der Waals surface area contributed by atoms with Gasteiger partial charge in [-0.1, -0.05) is 0 Å². The Balaban J connectivity index is 1.62. The highest BCUT2D eigenvalue weighted by Crippen LogP contribution is 2.29. The second kappa shape index (κ2) is 10.2. The molecule has 0 spiro atoms. The maximum absolute atomic E-state index is 13.9. The van der Waals surface area contributed by atoms with Crippen LogP contribution < -0.4 is 19.5 Å². The average molecular weight is 417 g/mol. The number of methoxy groups -OCH3 is 2. The van der Waals surface area contributed by atoms with Gasteiger partial charge in [-0.05, 0) is 36.2 Å². The number of hydrogen-bond donors (Lipinski definition) is 1. The van der Waals surface area contributed by atoms with E-state index < -0.39 is 0 Å². The van der Waals surface area contributed by atoms with Crippen molar-refractivity contribution in [2.75, 3.05) is 41.7 Å². The first-order chi connectivity index (χ1) is 14.5. The van der Waals surface area contributed by atoms with Crippen LogP contribution in [0.4, 0.5) is 4.39 Å². The molecule has 0 aliphatic carbocycles. The van der Waals surface area contributed by atoms with Crippen LogP contribution in [0.2, 0.25) is 0 Å². The highest BCUT2D eigenvalue weighted by Gasteiger charge is 2.17. The molecule has 0 atom stereocenters. The Kier molecular flexibility index (Phi) is 7.35. The second-order valence-electron chi connectivity index (χ2n) is 6.92. The van der Waals surface area contributed by atoms with Crippen LogP contribution in [0.3, 0.4) is 0 Å². The summed E-state index contributed by atoms with van der Waals surface area (Å²) in [7, 11) is 6.94. The molecule has 7 nitrogen and oxygen atoms in total. The molecule has 3 rings (SSSR count). The van der Waals surface area contributed by atoms with Crippen LogP contribution in [0, 0.1) is 5.82 Å². The van der Waals surface area contributed by atoms with E-state index in [-0.39, 0.29) is 12.6 Å². The molecule has 0 aromatic heterocycles. The number of nitrogens with one attached hydrogen (secondary N) is 1. The van der Waals surface area contributed by atoms with Crippen molar-refractivity contribution in [1.29, 1.82) is 0 Å². The molecule has 0 bridgehead atoms. The molecule has 1 aliphatic rings. The van der Waals surface area contributed by atoms with Crippen molar-refractivity contribution >= 4 is 5.96 Å². The van der Waals surface area contributed by atoms with Gasteiger partial charge in [-0.15, -0.1) is 0 Å². The fourth-order valence-corrected chi connectivity index (χ4v) is 3.45. The summed E-state index contributed by atoms with van der Waals surface area (Å²) in [5, 5.41) is 3.33. The van der Waals surface area contributed by atoms with Gasteiger partial charge >= 0.3 is 0 Å². The van der Waals surface area contributed by atoms with Crippen LogP contribution in [0.25, 0.3) is 0 Å². The number of hydrogen-bond acceptors (Lipinski definition) is 5. The first kappa shape index (κ1) is 21.7. The zero-order chi connectivity index (χ0) is 21.5. The van der Waals surface area contributed by atoms with Gasteiger partial charge in [0.25, 0.3) is 0 Å². The Labute approximate surface area is 176 Å². The summed E-state index contributed by atoms with van der Waals surface area (Å²) < 4.78 is 35.5. The van der Waals surface area contributed by atoms with Crippen LogP contribution in [-0.4, -0.2) is 52.5 Å². The molecule has 2 aromatic rings. The van der Waals surface area contributed by atoms with Gasteiger partial charge in [-0.3, -0.25) is 4.99 Å². The van der Waals surface area contributed by atoms with Gasteiger partial charge in [0, 0.05) is 44.4 Å². The maximum atomic E-state index is 13.9. The van der Waals surface area contributed by atoms with Gasteiger partial charge in [0.15, 0.2) is 12.8 Å². The molecule has 0 amide bonds. The van der Waals surface area contributed by atoms with Crippen molar-refractivity contribution in [2.45, 2.75) is 19.6 Å². The maximum Gasteiger partial charge on any atom is 0.193 e. The summed E-state index contributed by atoms with van der Waals surface area (Å²) in [5.41, 5.74) is 2.57. The predicted octanol–water partition coefficient (Wildman–Crippen LogP) is 2.96. The van der Waals surface area contributed by atoms with Crippen LogP contribution >= 0.6 is 0 Å². The van der Waals surface area contributed by atoms with Crippen molar-refractivity contribution in [3.63, 3.8) is 0 Å². The molecular formula is C22H28FN3O4. The quantitative estimate of drug-likeness (QED) is 0.552. The van der Waals surface area contributed by atoms with Crippen molar-refractivity contribution < 1.29 is 23.3 Å². The molecule has 0 saturated heterocycles. The number of nitrogens with zero attached hydrogens (tertiary/aromatic N) is 2. The summed E-state index contributed by atoms with van der Waals surface area (Å²) in [5.74, 6) is 2.65. The smallest absolute Gasteiger partial charge is 0.193 e. The number of rotatable bonds is 7. The molecule has 0 fully saturated rings. The third-order valence-electron chi connectivity index (χ3n) is 4.90. The van der Waals surface area contributed by atoms with E-state index in [1.54, 1.807) is 21.3 Å².